The standard InChI is InChI=1S/C17H18O4/c1-12-4-6-16(7-5-12)21-17(18)13(2)20-15-10-8-14(19-3)9-11-15/h4-11,13H,1-3H3. The Morgan fingerprint density at radius 1 is 0.905 bits per heavy atom. The number of hydrogen-bond acceptors (Lipinski definition) is 4. The molecular weight excluding hydrogens is 268 g/mol. The highest BCUT2D eigenvalue weighted by Gasteiger charge is 2.17. The van der Waals surface area contributed by atoms with Gasteiger partial charge in [-0.2, -0.15) is 0 Å². The Morgan fingerprint density at radius 2 is 1.43 bits per heavy atom. The Hall–Kier alpha value is -2.49. The van der Waals surface area contributed by atoms with E-state index in [4.69, 9.17) is 14.2 Å². The Labute approximate surface area is 124 Å². The molecule has 0 aromatic heterocycles. The van der Waals surface area contributed by atoms with Crippen LogP contribution in [0.1, 0.15) is 12.5 Å². The van der Waals surface area contributed by atoms with Crippen LogP contribution in [0.4, 0.5) is 0 Å². The van der Waals surface area contributed by atoms with Gasteiger partial charge in [-0.25, -0.2) is 4.79 Å². The lowest BCUT2D eigenvalue weighted by atomic mass is 10.2. The molecule has 0 N–H and O–H groups in total. The van der Waals surface area contributed by atoms with Crippen molar-refractivity contribution >= 4 is 5.97 Å². The average Bonchev–Trinajstić information content (AvgIpc) is 2.50. The van der Waals surface area contributed by atoms with E-state index in [0.29, 0.717) is 11.5 Å². The highest BCUT2D eigenvalue weighted by molar-refractivity contribution is 5.77. The molecule has 0 saturated heterocycles. The van der Waals surface area contributed by atoms with E-state index in [1.165, 1.54) is 0 Å². The van der Waals surface area contributed by atoms with E-state index < -0.39 is 12.1 Å². The molecule has 1 unspecified atom stereocenters. The van der Waals surface area contributed by atoms with Crippen LogP contribution in [0.2, 0.25) is 0 Å². The van der Waals surface area contributed by atoms with E-state index in [9.17, 15) is 4.79 Å². The average molecular weight is 286 g/mol. The maximum atomic E-state index is 12.0. The van der Waals surface area contributed by atoms with Gasteiger partial charge in [-0.05, 0) is 50.2 Å². The first-order valence-electron chi connectivity index (χ1n) is 6.67. The van der Waals surface area contributed by atoms with Crippen molar-refractivity contribution in [2.45, 2.75) is 20.0 Å². The van der Waals surface area contributed by atoms with Gasteiger partial charge in [0.15, 0.2) is 6.10 Å². The lowest BCUT2D eigenvalue weighted by molar-refractivity contribution is -0.141. The van der Waals surface area contributed by atoms with Crippen molar-refractivity contribution in [2.75, 3.05) is 7.11 Å². The molecule has 0 saturated carbocycles. The molecule has 0 spiro atoms. The van der Waals surface area contributed by atoms with E-state index in [-0.39, 0.29) is 0 Å². The molecule has 0 amide bonds. The fraction of sp³-hybridized carbons (Fsp3) is 0.235. The van der Waals surface area contributed by atoms with Crippen LogP contribution < -0.4 is 14.2 Å². The monoisotopic (exact) mass is 286 g/mol. The van der Waals surface area contributed by atoms with Gasteiger partial charge in [0.25, 0.3) is 0 Å². The predicted molar refractivity (Wildman–Crippen MR) is 79.9 cm³/mol. The summed E-state index contributed by atoms with van der Waals surface area (Å²) < 4.78 is 15.9. The maximum Gasteiger partial charge on any atom is 0.352 e. The van der Waals surface area contributed by atoms with E-state index in [1.54, 1.807) is 50.4 Å². The Balaban J connectivity index is 1.93. The van der Waals surface area contributed by atoms with Crippen molar-refractivity contribution in [3.63, 3.8) is 0 Å². The molecule has 110 valence electrons. The van der Waals surface area contributed by atoms with Crippen molar-refractivity contribution in [3.8, 4) is 17.2 Å². The first-order valence-corrected chi connectivity index (χ1v) is 6.67. The molecule has 2 rings (SSSR count). The summed E-state index contributed by atoms with van der Waals surface area (Å²) in [4.78, 5) is 12.0. The molecule has 21 heavy (non-hydrogen) atoms. The first kappa shape index (κ1) is 14.9. The molecule has 0 radical (unpaired) electrons. The zero-order chi connectivity index (χ0) is 15.2. The van der Waals surface area contributed by atoms with Gasteiger partial charge < -0.3 is 14.2 Å². The van der Waals surface area contributed by atoms with Crippen LogP contribution in [0, 0.1) is 6.92 Å². The molecule has 0 aliphatic heterocycles. The fourth-order valence-electron chi connectivity index (χ4n) is 1.71. The molecule has 1 atom stereocenters. The zero-order valence-electron chi connectivity index (χ0n) is 12.3. The number of hydrogen-bond donors (Lipinski definition) is 0. The molecule has 0 bridgehead atoms. The summed E-state index contributed by atoms with van der Waals surface area (Å²) >= 11 is 0. The lowest BCUT2D eigenvalue weighted by Crippen LogP contribution is -2.28. The first-order chi connectivity index (χ1) is 10.1. The Morgan fingerprint density at radius 3 is 2.00 bits per heavy atom. The lowest BCUT2D eigenvalue weighted by Gasteiger charge is -2.14. The summed E-state index contributed by atoms with van der Waals surface area (Å²) in [6, 6.07) is 14.3. The molecule has 0 heterocycles. The normalized spacial score (nSPS) is 11.6. The molecule has 4 heteroatoms. The third-order valence-electron chi connectivity index (χ3n) is 2.94. The SMILES string of the molecule is COc1ccc(OC(C)C(=O)Oc2ccc(C)cc2)cc1. The maximum absolute atomic E-state index is 12.0. The molecule has 0 aliphatic carbocycles. The number of rotatable bonds is 5. The zero-order valence-corrected chi connectivity index (χ0v) is 12.3. The van der Waals surface area contributed by atoms with Crippen molar-refractivity contribution in [1.29, 1.82) is 0 Å². The van der Waals surface area contributed by atoms with Crippen LogP contribution in [-0.4, -0.2) is 19.2 Å². The number of benzene rings is 2. The van der Waals surface area contributed by atoms with Gasteiger partial charge in [0.1, 0.15) is 17.2 Å². The topological polar surface area (TPSA) is 44.8 Å². The number of ether oxygens (including phenoxy) is 3. The summed E-state index contributed by atoms with van der Waals surface area (Å²) in [5.41, 5.74) is 1.11. The smallest absolute Gasteiger partial charge is 0.352 e. The van der Waals surface area contributed by atoms with Gasteiger partial charge in [-0.1, -0.05) is 17.7 Å². The summed E-state index contributed by atoms with van der Waals surface area (Å²) in [6.45, 7) is 3.63. The van der Waals surface area contributed by atoms with Crippen LogP contribution >= 0.6 is 0 Å². The summed E-state index contributed by atoms with van der Waals surface area (Å²) in [7, 11) is 1.59. The van der Waals surface area contributed by atoms with Crippen LogP contribution in [0.3, 0.4) is 0 Å². The van der Waals surface area contributed by atoms with Gasteiger partial charge in [-0.3, -0.25) is 0 Å². The number of esters is 1. The predicted octanol–water partition coefficient (Wildman–Crippen LogP) is 3.38. The van der Waals surface area contributed by atoms with Gasteiger partial charge in [-0.15, -0.1) is 0 Å². The second kappa shape index (κ2) is 6.79. The highest BCUT2D eigenvalue weighted by atomic mass is 16.6. The summed E-state index contributed by atoms with van der Waals surface area (Å²) in [5.74, 6) is 1.40. The Kier molecular flexibility index (Phi) is 4.82. The van der Waals surface area contributed by atoms with Gasteiger partial charge >= 0.3 is 5.97 Å². The molecule has 0 aliphatic rings. The number of aryl methyl sites for hydroxylation is 1. The van der Waals surface area contributed by atoms with Crippen molar-refractivity contribution < 1.29 is 19.0 Å². The van der Waals surface area contributed by atoms with Gasteiger partial charge in [0, 0.05) is 0 Å². The molecule has 0 fully saturated rings. The van der Waals surface area contributed by atoms with E-state index in [1.807, 2.05) is 19.1 Å². The second-order valence-corrected chi connectivity index (χ2v) is 4.67. The third-order valence-corrected chi connectivity index (χ3v) is 2.94. The molecule has 4 nitrogen and oxygen atoms in total. The largest absolute Gasteiger partial charge is 0.497 e. The fourth-order valence-corrected chi connectivity index (χ4v) is 1.71. The molecular formula is C17H18O4. The number of carbonyl (C=O) groups is 1. The quantitative estimate of drug-likeness (QED) is 0.624. The van der Waals surface area contributed by atoms with E-state index >= 15 is 0 Å². The van der Waals surface area contributed by atoms with Crippen molar-refractivity contribution in [1.82, 2.24) is 0 Å². The summed E-state index contributed by atoms with van der Waals surface area (Å²) in [6.07, 6.45) is -0.695. The van der Waals surface area contributed by atoms with Gasteiger partial charge in [0.05, 0.1) is 7.11 Å². The second-order valence-electron chi connectivity index (χ2n) is 4.67. The van der Waals surface area contributed by atoms with Crippen LogP contribution in [0.5, 0.6) is 17.2 Å². The molecule has 2 aromatic carbocycles. The number of methoxy groups -OCH3 is 1. The third kappa shape index (κ3) is 4.24. The van der Waals surface area contributed by atoms with Crippen molar-refractivity contribution in [3.05, 3.63) is 54.1 Å². The molecule has 2 aromatic rings. The van der Waals surface area contributed by atoms with Crippen LogP contribution in [0.25, 0.3) is 0 Å². The van der Waals surface area contributed by atoms with Crippen LogP contribution in [-0.2, 0) is 4.79 Å². The van der Waals surface area contributed by atoms with E-state index in [0.717, 1.165) is 11.3 Å². The van der Waals surface area contributed by atoms with E-state index in [2.05, 4.69) is 0 Å². The minimum Gasteiger partial charge on any atom is -0.497 e. The van der Waals surface area contributed by atoms with Crippen molar-refractivity contribution in [2.24, 2.45) is 0 Å². The minimum absolute atomic E-state index is 0.435. The minimum atomic E-state index is -0.695. The highest BCUT2D eigenvalue weighted by Crippen LogP contribution is 2.19. The number of carbonyl (C=O) groups excluding carboxylic acids is 1. The van der Waals surface area contributed by atoms with Crippen LogP contribution in [0.15, 0.2) is 48.5 Å². The summed E-state index contributed by atoms with van der Waals surface area (Å²) in [5, 5.41) is 0. The van der Waals surface area contributed by atoms with Gasteiger partial charge in [0.2, 0.25) is 0 Å². The Bertz CT molecular complexity index is 587.